The van der Waals surface area contributed by atoms with Crippen molar-refractivity contribution in [2.75, 3.05) is 5.32 Å². The van der Waals surface area contributed by atoms with Gasteiger partial charge >= 0.3 is 6.03 Å². The number of carbonyl (C=O) groups is 2. The van der Waals surface area contributed by atoms with E-state index in [4.69, 9.17) is 40.0 Å². The van der Waals surface area contributed by atoms with Gasteiger partial charge in [-0.25, -0.2) is 10.3 Å². The molecule has 1 unspecified atom stereocenters. The zero-order valence-electron chi connectivity index (χ0n) is 13.7. The first-order valence-corrected chi connectivity index (χ1v) is 8.67. The lowest BCUT2D eigenvalue weighted by Gasteiger charge is -2.28. The van der Waals surface area contributed by atoms with E-state index in [1.807, 2.05) is 0 Å². The summed E-state index contributed by atoms with van der Waals surface area (Å²) in [5, 5.41) is 12.6. The molecule has 0 aliphatic heterocycles. The van der Waals surface area contributed by atoms with Gasteiger partial charge in [-0.15, -0.1) is 0 Å². The summed E-state index contributed by atoms with van der Waals surface area (Å²) in [4.78, 5) is 25.8. The van der Waals surface area contributed by atoms with Crippen molar-refractivity contribution < 1.29 is 14.8 Å². The summed E-state index contributed by atoms with van der Waals surface area (Å²) in [5.74, 6) is -0.735. The molecule has 0 saturated heterocycles. The van der Waals surface area contributed by atoms with Gasteiger partial charge in [-0.3, -0.25) is 10.0 Å². The summed E-state index contributed by atoms with van der Waals surface area (Å²) in [5.41, 5.74) is 2.61. The number of benzene rings is 2. The summed E-state index contributed by atoms with van der Waals surface area (Å²) in [6.45, 7) is 1.54. The molecule has 6 nitrogen and oxygen atoms in total. The Morgan fingerprint density at radius 3 is 2.38 bits per heavy atom. The Labute approximate surface area is 165 Å². The van der Waals surface area contributed by atoms with Gasteiger partial charge in [-0.05, 0) is 36.8 Å². The van der Waals surface area contributed by atoms with Crippen molar-refractivity contribution in [2.45, 2.75) is 19.5 Å². The van der Waals surface area contributed by atoms with E-state index in [0.29, 0.717) is 21.3 Å². The molecular weight excluding hydrogens is 401 g/mol. The number of rotatable bonds is 5. The minimum absolute atomic E-state index is 0.0570. The van der Waals surface area contributed by atoms with E-state index < -0.39 is 18.0 Å². The maximum Gasteiger partial charge on any atom is 0.322 e. The molecule has 0 fully saturated rings. The van der Waals surface area contributed by atoms with Crippen LogP contribution in [0.2, 0.25) is 15.1 Å². The highest BCUT2D eigenvalue weighted by molar-refractivity contribution is 6.42. The van der Waals surface area contributed by atoms with Crippen molar-refractivity contribution in [3.05, 3.63) is 63.1 Å². The van der Waals surface area contributed by atoms with E-state index in [9.17, 15) is 9.59 Å². The van der Waals surface area contributed by atoms with Gasteiger partial charge in [-0.2, -0.15) is 0 Å². The van der Waals surface area contributed by atoms with Crippen molar-refractivity contribution in [1.82, 2.24) is 10.4 Å². The number of carbonyl (C=O) groups excluding carboxylic acids is 2. The maximum absolute atomic E-state index is 12.7. The highest BCUT2D eigenvalue weighted by Gasteiger charge is 2.26. The number of halogens is 3. The molecular formula is C17H16Cl3N3O3. The summed E-state index contributed by atoms with van der Waals surface area (Å²) in [6, 6.07) is 10.0. The van der Waals surface area contributed by atoms with E-state index in [1.165, 1.54) is 17.9 Å². The molecule has 2 rings (SSSR count). The number of hydroxylamine groups is 1. The van der Waals surface area contributed by atoms with E-state index in [1.54, 1.807) is 41.9 Å². The van der Waals surface area contributed by atoms with Gasteiger partial charge in [0, 0.05) is 17.3 Å². The number of hydrogen-bond donors (Lipinski definition) is 3. The van der Waals surface area contributed by atoms with Crippen molar-refractivity contribution in [3.8, 4) is 0 Å². The van der Waals surface area contributed by atoms with E-state index in [2.05, 4.69) is 5.32 Å². The number of amides is 3. The highest BCUT2D eigenvalue weighted by atomic mass is 35.5. The molecule has 138 valence electrons. The summed E-state index contributed by atoms with van der Waals surface area (Å²) < 4.78 is 0. The molecule has 0 saturated carbocycles. The quantitative estimate of drug-likeness (QED) is 0.493. The smallest absolute Gasteiger partial charge is 0.308 e. The minimum Gasteiger partial charge on any atom is -0.308 e. The van der Waals surface area contributed by atoms with Crippen LogP contribution in [0.15, 0.2) is 42.5 Å². The Morgan fingerprint density at radius 1 is 1.08 bits per heavy atom. The lowest BCUT2D eigenvalue weighted by molar-refractivity contribution is -0.133. The first kappa shape index (κ1) is 20.3. The average molecular weight is 417 g/mol. The highest BCUT2D eigenvalue weighted by Crippen LogP contribution is 2.26. The molecule has 0 heterocycles. The van der Waals surface area contributed by atoms with Crippen LogP contribution in [0.25, 0.3) is 0 Å². The Bertz CT molecular complexity index is 817. The van der Waals surface area contributed by atoms with Crippen molar-refractivity contribution in [3.63, 3.8) is 0 Å². The zero-order chi connectivity index (χ0) is 19.3. The Hall–Kier alpha value is -1.99. The van der Waals surface area contributed by atoms with Crippen LogP contribution in [-0.2, 0) is 11.3 Å². The molecule has 2 aromatic carbocycles. The fourth-order valence-corrected chi connectivity index (χ4v) is 2.69. The van der Waals surface area contributed by atoms with E-state index in [0.717, 1.165) is 0 Å². The number of hydrogen-bond acceptors (Lipinski definition) is 3. The predicted octanol–water partition coefficient (Wildman–Crippen LogP) is 4.57. The second-order valence-corrected chi connectivity index (χ2v) is 6.65. The number of nitrogens with zero attached hydrogens (tertiary/aromatic N) is 1. The molecule has 0 bridgehead atoms. The number of urea groups is 1. The van der Waals surface area contributed by atoms with Gasteiger partial charge in [0.1, 0.15) is 6.04 Å². The topological polar surface area (TPSA) is 81.7 Å². The average Bonchev–Trinajstić information content (AvgIpc) is 2.62. The van der Waals surface area contributed by atoms with Gasteiger partial charge in [0.15, 0.2) is 0 Å². The SMILES string of the molecule is CC(C(=O)NO)N(Cc1ccccc1Cl)C(=O)Nc1ccc(Cl)c(Cl)c1. The van der Waals surface area contributed by atoms with Crippen LogP contribution in [0.4, 0.5) is 10.5 Å². The summed E-state index contributed by atoms with van der Waals surface area (Å²) in [7, 11) is 0. The molecule has 3 amide bonds. The maximum atomic E-state index is 12.7. The fourth-order valence-electron chi connectivity index (χ4n) is 2.20. The zero-order valence-corrected chi connectivity index (χ0v) is 15.9. The Kier molecular flexibility index (Phi) is 7.11. The molecule has 3 N–H and O–H groups in total. The van der Waals surface area contributed by atoms with Crippen LogP contribution in [0.5, 0.6) is 0 Å². The van der Waals surface area contributed by atoms with Crippen molar-refractivity contribution >= 4 is 52.4 Å². The van der Waals surface area contributed by atoms with Crippen LogP contribution in [0.3, 0.4) is 0 Å². The Balaban J connectivity index is 2.26. The van der Waals surface area contributed by atoms with Crippen LogP contribution < -0.4 is 10.8 Å². The van der Waals surface area contributed by atoms with Crippen molar-refractivity contribution in [1.29, 1.82) is 0 Å². The van der Waals surface area contributed by atoms with Crippen LogP contribution in [-0.4, -0.2) is 28.1 Å². The molecule has 0 radical (unpaired) electrons. The molecule has 0 aliphatic rings. The number of anilines is 1. The van der Waals surface area contributed by atoms with Crippen LogP contribution >= 0.6 is 34.8 Å². The number of nitrogens with one attached hydrogen (secondary N) is 2. The standard InChI is InChI=1S/C17H16Cl3N3O3/c1-10(16(24)22-26)23(9-11-4-2-3-5-13(11)18)17(25)21-12-6-7-14(19)15(20)8-12/h2-8,10,26H,9H2,1H3,(H,21,25)(H,22,24). The second kappa shape index (κ2) is 9.09. The van der Waals surface area contributed by atoms with Gasteiger partial charge < -0.3 is 10.2 Å². The Morgan fingerprint density at radius 2 is 1.77 bits per heavy atom. The molecule has 0 aromatic heterocycles. The van der Waals surface area contributed by atoms with Crippen LogP contribution in [0.1, 0.15) is 12.5 Å². The minimum atomic E-state index is -0.959. The summed E-state index contributed by atoms with van der Waals surface area (Å²) >= 11 is 18.0. The molecule has 1 atom stereocenters. The lowest BCUT2D eigenvalue weighted by atomic mass is 10.2. The molecule has 2 aromatic rings. The van der Waals surface area contributed by atoms with Gasteiger partial charge in [-0.1, -0.05) is 53.0 Å². The molecule has 9 heteroatoms. The van der Waals surface area contributed by atoms with Crippen molar-refractivity contribution in [2.24, 2.45) is 0 Å². The lowest BCUT2D eigenvalue weighted by Crippen LogP contribution is -2.48. The molecule has 0 spiro atoms. The van der Waals surface area contributed by atoms with Gasteiger partial charge in [0.05, 0.1) is 10.0 Å². The second-order valence-electron chi connectivity index (χ2n) is 5.43. The normalized spacial score (nSPS) is 11.6. The predicted molar refractivity (Wildman–Crippen MR) is 102 cm³/mol. The fraction of sp³-hybridized carbons (Fsp3) is 0.176. The third kappa shape index (κ3) is 5.02. The first-order chi connectivity index (χ1) is 12.3. The third-order valence-corrected chi connectivity index (χ3v) is 4.80. The van der Waals surface area contributed by atoms with Crippen LogP contribution in [0, 0.1) is 0 Å². The third-order valence-electron chi connectivity index (χ3n) is 3.69. The monoisotopic (exact) mass is 415 g/mol. The molecule has 26 heavy (non-hydrogen) atoms. The molecule has 0 aliphatic carbocycles. The van der Waals surface area contributed by atoms with Gasteiger partial charge in [0.2, 0.25) is 0 Å². The van der Waals surface area contributed by atoms with Gasteiger partial charge in [0.25, 0.3) is 5.91 Å². The largest absolute Gasteiger partial charge is 0.322 e. The van der Waals surface area contributed by atoms with E-state index in [-0.39, 0.29) is 11.6 Å². The van der Waals surface area contributed by atoms with E-state index >= 15 is 0 Å². The summed E-state index contributed by atoms with van der Waals surface area (Å²) in [6.07, 6.45) is 0. The first-order valence-electron chi connectivity index (χ1n) is 7.53.